The topological polar surface area (TPSA) is 49.4 Å². The van der Waals surface area contributed by atoms with Crippen LogP contribution in [0.25, 0.3) is 0 Å². The van der Waals surface area contributed by atoms with Crippen LogP contribution in [0.15, 0.2) is 30.3 Å². The number of hydrogen-bond acceptors (Lipinski definition) is 2. The molecule has 19 heavy (non-hydrogen) atoms. The highest BCUT2D eigenvalue weighted by atomic mass is 19.4. The van der Waals surface area contributed by atoms with E-state index in [9.17, 15) is 22.8 Å². The molecule has 0 saturated carbocycles. The van der Waals surface area contributed by atoms with E-state index in [1.807, 2.05) is 0 Å². The first kappa shape index (κ1) is 13.4. The molecule has 102 valence electrons. The molecule has 1 heterocycles. The van der Waals surface area contributed by atoms with Gasteiger partial charge in [-0.1, -0.05) is 30.3 Å². The Morgan fingerprint density at radius 3 is 2.42 bits per heavy atom. The maximum absolute atomic E-state index is 12.3. The summed E-state index contributed by atoms with van der Waals surface area (Å²) in [6.45, 7) is -1.56. The summed E-state index contributed by atoms with van der Waals surface area (Å²) >= 11 is 0. The van der Waals surface area contributed by atoms with Gasteiger partial charge in [-0.15, -0.1) is 0 Å². The number of halogens is 3. The predicted octanol–water partition coefficient (Wildman–Crippen LogP) is 1.88. The van der Waals surface area contributed by atoms with Gasteiger partial charge in [0, 0.05) is 6.54 Å². The number of hydrogen-bond donors (Lipinski definition) is 1. The van der Waals surface area contributed by atoms with Gasteiger partial charge < -0.3 is 5.32 Å². The number of amides is 3. The molecule has 0 bridgehead atoms. The first-order valence-electron chi connectivity index (χ1n) is 5.59. The van der Waals surface area contributed by atoms with Crippen molar-refractivity contribution in [3.63, 3.8) is 0 Å². The Morgan fingerprint density at radius 1 is 1.21 bits per heavy atom. The molecule has 1 aliphatic heterocycles. The fourth-order valence-corrected chi connectivity index (χ4v) is 1.94. The maximum Gasteiger partial charge on any atom is 0.406 e. The van der Waals surface area contributed by atoms with E-state index in [2.05, 4.69) is 5.32 Å². The zero-order chi connectivity index (χ0) is 14.0. The van der Waals surface area contributed by atoms with Crippen LogP contribution in [0.4, 0.5) is 18.0 Å². The van der Waals surface area contributed by atoms with Gasteiger partial charge >= 0.3 is 12.2 Å². The zero-order valence-corrected chi connectivity index (χ0v) is 9.78. The molecule has 1 saturated heterocycles. The van der Waals surface area contributed by atoms with E-state index >= 15 is 0 Å². The van der Waals surface area contributed by atoms with Crippen molar-refractivity contribution in [2.24, 2.45) is 0 Å². The van der Waals surface area contributed by atoms with Gasteiger partial charge in [0.25, 0.3) is 0 Å². The van der Waals surface area contributed by atoms with Crippen molar-refractivity contribution < 1.29 is 22.8 Å². The lowest BCUT2D eigenvalue weighted by atomic mass is 9.96. The van der Waals surface area contributed by atoms with E-state index < -0.39 is 30.6 Å². The van der Waals surface area contributed by atoms with Gasteiger partial charge in [0.1, 0.15) is 6.54 Å². The summed E-state index contributed by atoms with van der Waals surface area (Å²) in [6, 6.07) is 7.40. The Balaban J connectivity index is 2.21. The Kier molecular flexibility index (Phi) is 3.46. The van der Waals surface area contributed by atoms with E-state index in [1.54, 1.807) is 30.3 Å². The van der Waals surface area contributed by atoms with Crippen molar-refractivity contribution in [1.82, 2.24) is 10.2 Å². The smallest absolute Gasteiger partial charge is 0.336 e. The van der Waals surface area contributed by atoms with Crippen LogP contribution in [-0.4, -0.2) is 36.1 Å². The number of carbonyl (C=O) groups excluding carboxylic acids is 2. The summed E-state index contributed by atoms with van der Waals surface area (Å²) in [5.41, 5.74) is 0.583. The fourth-order valence-electron chi connectivity index (χ4n) is 1.94. The molecule has 0 radical (unpaired) electrons. The summed E-state index contributed by atoms with van der Waals surface area (Å²) < 4.78 is 37.0. The predicted molar refractivity (Wildman–Crippen MR) is 60.3 cm³/mol. The highest BCUT2D eigenvalue weighted by Gasteiger charge is 2.41. The summed E-state index contributed by atoms with van der Waals surface area (Å²) in [5, 5.41) is 2.30. The maximum atomic E-state index is 12.3. The molecule has 0 aromatic heterocycles. The second kappa shape index (κ2) is 4.91. The van der Waals surface area contributed by atoms with Crippen molar-refractivity contribution in [3.05, 3.63) is 35.9 Å². The number of nitrogens with one attached hydrogen (secondary N) is 1. The third-order valence-electron chi connectivity index (χ3n) is 2.81. The third kappa shape index (κ3) is 3.04. The number of benzene rings is 1. The van der Waals surface area contributed by atoms with Crippen molar-refractivity contribution in [2.75, 3.05) is 13.1 Å². The molecular weight excluding hydrogens is 261 g/mol. The number of urea groups is 1. The molecular formula is C12H11F3N2O2. The first-order valence-corrected chi connectivity index (χ1v) is 5.59. The highest BCUT2D eigenvalue weighted by molar-refractivity contribution is 6.00. The minimum atomic E-state index is -4.61. The van der Waals surface area contributed by atoms with Crippen molar-refractivity contribution in [1.29, 1.82) is 0 Å². The second-order valence-corrected chi connectivity index (χ2v) is 4.19. The molecule has 1 aliphatic rings. The fraction of sp³-hybridized carbons (Fsp3) is 0.333. The lowest BCUT2D eigenvalue weighted by Crippen LogP contribution is -2.56. The minimum Gasteiger partial charge on any atom is -0.336 e. The average Bonchev–Trinajstić information content (AvgIpc) is 2.34. The molecule has 2 rings (SSSR count). The second-order valence-electron chi connectivity index (χ2n) is 4.19. The Labute approximate surface area is 107 Å². The van der Waals surface area contributed by atoms with E-state index in [4.69, 9.17) is 0 Å². The number of carbonyl (C=O) groups is 2. The van der Waals surface area contributed by atoms with Gasteiger partial charge in [-0.25, -0.2) is 4.79 Å². The standard InChI is InChI=1S/C12H11F3N2O2/c13-12(14,15)7-17-10(18)9(6-16-11(17)19)8-4-2-1-3-5-8/h1-5,9H,6-7H2,(H,16,19). The third-order valence-corrected chi connectivity index (χ3v) is 2.81. The molecule has 1 N–H and O–H groups in total. The minimum absolute atomic E-state index is 0.00996. The largest absolute Gasteiger partial charge is 0.406 e. The van der Waals surface area contributed by atoms with Crippen LogP contribution in [0.5, 0.6) is 0 Å². The monoisotopic (exact) mass is 272 g/mol. The summed E-state index contributed by atoms with van der Waals surface area (Å²) in [4.78, 5) is 23.5. The lowest BCUT2D eigenvalue weighted by molar-refractivity contribution is -0.157. The van der Waals surface area contributed by atoms with Crippen LogP contribution in [0.3, 0.4) is 0 Å². The van der Waals surface area contributed by atoms with Gasteiger partial charge in [0.05, 0.1) is 5.92 Å². The van der Waals surface area contributed by atoms with E-state index in [0.29, 0.717) is 5.56 Å². The molecule has 1 fully saturated rings. The number of nitrogens with zero attached hydrogens (tertiary/aromatic N) is 1. The van der Waals surface area contributed by atoms with Gasteiger partial charge in [0.15, 0.2) is 0 Å². The molecule has 3 amide bonds. The normalized spacial score (nSPS) is 20.4. The van der Waals surface area contributed by atoms with Crippen LogP contribution in [0, 0.1) is 0 Å². The van der Waals surface area contributed by atoms with E-state index in [1.165, 1.54) is 0 Å². The quantitative estimate of drug-likeness (QED) is 0.893. The number of alkyl halides is 3. The Bertz CT molecular complexity index is 487. The van der Waals surface area contributed by atoms with Crippen LogP contribution in [-0.2, 0) is 4.79 Å². The molecule has 4 nitrogen and oxygen atoms in total. The Hall–Kier alpha value is -2.05. The lowest BCUT2D eigenvalue weighted by Gasteiger charge is -2.31. The molecule has 1 aromatic carbocycles. The molecule has 1 aromatic rings. The molecule has 1 unspecified atom stereocenters. The van der Waals surface area contributed by atoms with Crippen LogP contribution < -0.4 is 5.32 Å². The van der Waals surface area contributed by atoms with Crippen molar-refractivity contribution in [2.45, 2.75) is 12.1 Å². The van der Waals surface area contributed by atoms with E-state index in [-0.39, 0.29) is 11.4 Å². The van der Waals surface area contributed by atoms with E-state index in [0.717, 1.165) is 0 Å². The van der Waals surface area contributed by atoms with Gasteiger partial charge in [-0.05, 0) is 5.56 Å². The summed E-state index contributed by atoms with van der Waals surface area (Å²) in [6.07, 6.45) is -4.61. The molecule has 0 spiro atoms. The first-order chi connectivity index (χ1) is 8.88. The van der Waals surface area contributed by atoms with Gasteiger partial charge in [-0.2, -0.15) is 13.2 Å². The van der Waals surface area contributed by atoms with Gasteiger partial charge in [-0.3, -0.25) is 9.69 Å². The van der Waals surface area contributed by atoms with Crippen molar-refractivity contribution in [3.8, 4) is 0 Å². The van der Waals surface area contributed by atoms with Crippen molar-refractivity contribution >= 4 is 11.9 Å². The molecule has 0 aliphatic carbocycles. The SMILES string of the molecule is O=C1NCC(c2ccccc2)C(=O)N1CC(F)(F)F. The Morgan fingerprint density at radius 2 is 1.84 bits per heavy atom. The zero-order valence-electron chi connectivity index (χ0n) is 9.78. The summed E-state index contributed by atoms with van der Waals surface area (Å²) in [5.74, 6) is -1.60. The van der Waals surface area contributed by atoms with Crippen LogP contribution in [0.1, 0.15) is 11.5 Å². The highest BCUT2D eigenvalue weighted by Crippen LogP contribution is 2.24. The number of rotatable bonds is 2. The average molecular weight is 272 g/mol. The molecule has 7 heteroatoms. The van der Waals surface area contributed by atoms with Crippen LogP contribution >= 0.6 is 0 Å². The molecule has 1 atom stereocenters. The van der Waals surface area contributed by atoms with Gasteiger partial charge in [0.2, 0.25) is 5.91 Å². The van der Waals surface area contributed by atoms with Crippen LogP contribution in [0.2, 0.25) is 0 Å². The summed E-state index contributed by atoms with van der Waals surface area (Å²) in [7, 11) is 0. The number of imide groups is 1.